The van der Waals surface area contributed by atoms with E-state index in [1.165, 1.54) is 0 Å². The molecule has 1 aromatic rings. The van der Waals surface area contributed by atoms with Gasteiger partial charge in [-0.1, -0.05) is 18.5 Å². The van der Waals surface area contributed by atoms with E-state index in [1.54, 1.807) is 25.1 Å². The van der Waals surface area contributed by atoms with Crippen molar-refractivity contribution in [3.05, 3.63) is 27.7 Å². The topological polar surface area (TPSA) is 52.9 Å². The first-order valence-corrected chi connectivity index (χ1v) is 5.91. The number of nitrogens with one attached hydrogen (secondary N) is 1. The van der Waals surface area contributed by atoms with Crippen molar-refractivity contribution in [2.75, 3.05) is 5.32 Å². The number of halogens is 2. The van der Waals surface area contributed by atoms with Crippen molar-refractivity contribution in [2.24, 2.45) is 5.92 Å². The van der Waals surface area contributed by atoms with E-state index in [1.807, 2.05) is 6.07 Å². The van der Waals surface area contributed by atoms with Gasteiger partial charge in [-0.25, -0.2) is 0 Å². The molecule has 1 N–H and O–H groups in total. The maximum atomic E-state index is 11.6. The summed E-state index contributed by atoms with van der Waals surface area (Å²) < 4.78 is 0.734. The molecule has 5 heteroatoms. The number of amides is 1. The van der Waals surface area contributed by atoms with Crippen molar-refractivity contribution >= 4 is 39.1 Å². The van der Waals surface area contributed by atoms with Crippen LogP contribution in [0.5, 0.6) is 0 Å². The molecule has 0 aromatic heterocycles. The Kier molecular flexibility index (Phi) is 4.78. The molecule has 0 spiro atoms. The molecule has 0 aliphatic rings. The Morgan fingerprint density at radius 2 is 2.38 bits per heavy atom. The summed E-state index contributed by atoms with van der Waals surface area (Å²) in [6.07, 6.45) is 0.487. The van der Waals surface area contributed by atoms with Crippen LogP contribution in [0.3, 0.4) is 0 Å². The van der Waals surface area contributed by atoms with E-state index in [0.717, 1.165) is 4.47 Å². The SMILES string of the molecule is CCC(C#N)C(=O)Nc1cc(Cl)ccc1Br. The summed E-state index contributed by atoms with van der Waals surface area (Å²) in [5, 5.41) is 11.9. The van der Waals surface area contributed by atoms with E-state index in [0.29, 0.717) is 17.1 Å². The van der Waals surface area contributed by atoms with E-state index in [9.17, 15) is 4.79 Å². The summed E-state index contributed by atoms with van der Waals surface area (Å²) >= 11 is 9.11. The molecule has 0 fully saturated rings. The van der Waals surface area contributed by atoms with Crippen molar-refractivity contribution in [2.45, 2.75) is 13.3 Å². The second-order valence-electron chi connectivity index (χ2n) is 3.20. The smallest absolute Gasteiger partial charge is 0.241 e. The van der Waals surface area contributed by atoms with Gasteiger partial charge < -0.3 is 5.32 Å². The van der Waals surface area contributed by atoms with Crippen molar-refractivity contribution in [1.82, 2.24) is 0 Å². The van der Waals surface area contributed by atoms with Gasteiger partial charge in [0.15, 0.2) is 0 Å². The molecule has 0 radical (unpaired) electrons. The number of carbonyl (C=O) groups excluding carboxylic acids is 1. The number of rotatable bonds is 3. The lowest BCUT2D eigenvalue weighted by molar-refractivity contribution is -0.118. The van der Waals surface area contributed by atoms with Gasteiger partial charge >= 0.3 is 0 Å². The van der Waals surface area contributed by atoms with Crippen LogP contribution >= 0.6 is 27.5 Å². The average molecular weight is 302 g/mol. The molecular weight excluding hydrogens is 291 g/mol. The second kappa shape index (κ2) is 5.88. The molecule has 0 bridgehead atoms. The fraction of sp³-hybridized carbons (Fsp3) is 0.273. The van der Waals surface area contributed by atoms with E-state index >= 15 is 0 Å². The predicted molar refractivity (Wildman–Crippen MR) is 67.2 cm³/mol. The van der Waals surface area contributed by atoms with E-state index in [2.05, 4.69) is 21.2 Å². The first-order chi connectivity index (χ1) is 7.58. The third-order valence-corrected chi connectivity index (χ3v) is 2.99. The number of benzene rings is 1. The van der Waals surface area contributed by atoms with Gasteiger partial charge in [-0.15, -0.1) is 0 Å². The molecule has 0 aliphatic heterocycles. The summed E-state index contributed by atoms with van der Waals surface area (Å²) in [6.45, 7) is 1.79. The molecule has 0 saturated heterocycles. The summed E-state index contributed by atoms with van der Waals surface area (Å²) in [7, 11) is 0. The Morgan fingerprint density at radius 3 is 2.94 bits per heavy atom. The Hall–Kier alpha value is -1.05. The molecule has 0 aliphatic carbocycles. The highest BCUT2D eigenvalue weighted by Crippen LogP contribution is 2.26. The van der Waals surface area contributed by atoms with Gasteiger partial charge in [0.05, 0.1) is 11.8 Å². The fourth-order valence-electron chi connectivity index (χ4n) is 1.15. The second-order valence-corrected chi connectivity index (χ2v) is 4.49. The van der Waals surface area contributed by atoms with Gasteiger partial charge in [-0.05, 0) is 40.5 Å². The van der Waals surface area contributed by atoms with Crippen LogP contribution in [0, 0.1) is 17.2 Å². The average Bonchev–Trinajstić information content (AvgIpc) is 2.25. The molecule has 84 valence electrons. The highest BCUT2D eigenvalue weighted by Gasteiger charge is 2.16. The zero-order chi connectivity index (χ0) is 12.1. The lowest BCUT2D eigenvalue weighted by Crippen LogP contribution is -2.21. The zero-order valence-corrected chi connectivity index (χ0v) is 11.0. The molecule has 1 unspecified atom stereocenters. The zero-order valence-electron chi connectivity index (χ0n) is 8.63. The molecule has 0 saturated carbocycles. The van der Waals surface area contributed by atoms with E-state index in [4.69, 9.17) is 16.9 Å². The predicted octanol–water partition coefficient (Wildman–Crippen LogP) is 3.59. The number of hydrogen-bond donors (Lipinski definition) is 1. The van der Waals surface area contributed by atoms with Gasteiger partial charge in [0, 0.05) is 9.50 Å². The van der Waals surface area contributed by atoms with Crippen molar-refractivity contribution in [3.8, 4) is 6.07 Å². The molecule has 1 atom stereocenters. The van der Waals surface area contributed by atoms with Gasteiger partial charge in [0.1, 0.15) is 5.92 Å². The van der Waals surface area contributed by atoms with Crippen LogP contribution in [-0.2, 0) is 4.79 Å². The molecule has 1 amide bonds. The molecule has 3 nitrogen and oxygen atoms in total. The molecule has 1 aromatic carbocycles. The van der Waals surface area contributed by atoms with Crippen LogP contribution in [0.4, 0.5) is 5.69 Å². The molecule has 1 rings (SSSR count). The van der Waals surface area contributed by atoms with Crippen LogP contribution in [0.2, 0.25) is 5.02 Å². The van der Waals surface area contributed by atoms with Gasteiger partial charge in [0.25, 0.3) is 0 Å². The summed E-state index contributed by atoms with van der Waals surface area (Å²) in [5.41, 5.74) is 0.575. The molecule has 16 heavy (non-hydrogen) atoms. The van der Waals surface area contributed by atoms with Crippen LogP contribution in [-0.4, -0.2) is 5.91 Å². The number of anilines is 1. The lowest BCUT2D eigenvalue weighted by atomic mass is 10.1. The standard InChI is InChI=1S/C11H10BrClN2O/c1-2-7(6-14)11(16)15-10-5-8(13)3-4-9(10)12/h3-5,7H,2H2,1H3,(H,15,16). The normalized spacial score (nSPS) is 11.6. The van der Waals surface area contributed by atoms with Crippen LogP contribution in [0.15, 0.2) is 22.7 Å². The van der Waals surface area contributed by atoms with Crippen molar-refractivity contribution in [3.63, 3.8) is 0 Å². The minimum Gasteiger partial charge on any atom is -0.324 e. The Bertz CT molecular complexity index is 442. The van der Waals surface area contributed by atoms with Crippen LogP contribution < -0.4 is 5.32 Å². The third kappa shape index (κ3) is 3.22. The minimum atomic E-state index is -0.633. The van der Waals surface area contributed by atoms with Gasteiger partial charge in [0.2, 0.25) is 5.91 Å². The Balaban J connectivity index is 2.85. The van der Waals surface area contributed by atoms with Crippen molar-refractivity contribution in [1.29, 1.82) is 5.26 Å². The maximum Gasteiger partial charge on any atom is 0.241 e. The van der Waals surface area contributed by atoms with Crippen LogP contribution in [0.25, 0.3) is 0 Å². The van der Waals surface area contributed by atoms with Crippen LogP contribution in [0.1, 0.15) is 13.3 Å². The fourth-order valence-corrected chi connectivity index (χ4v) is 1.67. The Morgan fingerprint density at radius 1 is 1.69 bits per heavy atom. The van der Waals surface area contributed by atoms with Gasteiger partial charge in [-0.3, -0.25) is 4.79 Å². The largest absolute Gasteiger partial charge is 0.324 e. The number of nitriles is 1. The monoisotopic (exact) mass is 300 g/mol. The molecule has 0 heterocycles. The number of hydrogen-bond acceptors (Lipinski definition) is 2. The Labute approximate surface area is 108 Å². The third-order valence-electron chi connectivity index (χ3n) is 2.07. The van der Waals surface area contributed by atoms with E-state index in [-0.39, 0.29) is 5.91 Å². The lowest BCUT2D eigenvalue weighted by Gasteiger charge is -2.10. The first kappa shape index (κ1) is 13.0. The minimum absolute atomic E-state index is 0.312. The quantitative estimate of drug-likeness (QED) is 0.927. The summed E-state index contributed by atoms with van der Waals surface area (Å²) in [4.78, 5) is 11.6. The number of carbonyl (C=O) groups is 1. The van der Waals surface area contributed by atoms with Gasteiger partial charge in [-0.2, -0.15) is 5.26 Å². The number of nitrogens with zero attached hydrogens (tertiary/aromatic N) is 1. The first-order valence-electron chi connectivity index (χ1n) is 4.74. The van der Waals surface area contributed by atoms with Crippen molar-refractivity contribution < 1.29 is 4.79 Å². The summed E-state index contributed by atoms with van der Waals surface area (Å²) in [5.74, 6) is -0.946. The van der Waals surface area contributed by atoms with E-state index < -0.39 is 5.92 Å². The highest BCUT2D eigenvalue weighted by atomic mass is 79.9. The highest BCUT2D eigenvalue weighted by molar-refractivity contribution is 9.10. The molecular formula is C11H10BrClN2O. The maximum absolute atomic E-state index is 11.6. The summed E-state index contributed by atoms with van der Waals surface area (Å²) in [6, 6.07) is 7.03.